The van der Waals surface area contributed by atoms with E-state index >= 15 is 0 Å². The number of ether oxygens (including phenoxy) is 3. The maximum Gasteiger partial charge on any atom is 0.284 e. The minimum absolute atomic E-state index is 0.277. The quantitative estimate of drug-likeness (QED) is 0.709. The fraction of sp³-hybridized carbons (Fsp3) is 0.300. The van der Waals surface area contributed by atoms with Crippen molar-refractivity contribution in [2.24, 2.45) is 0 Å². The number of aromatic nitrogens is 1. The molecule has 1 N–H and O–H groups in total. The van der Waals surface area contributed by atoms with Crippen molar-refractivity contribution in [2.75, 3.05) is 50.7 Å². The Hall–Kier alpha value is -2.84. The Balaban J connectivity index is 1.70. The lowest BCUT2D eigenvalue weighted by atomic mass is 10.2. The molecule has 1 saturated heterocycles. The zero-order valence-corrected chi connectivity index (χ0v) is 16.5. The predicted octanol–water partition coefficient (Wildman–Crippen LogP) is 3.40. The van der Waals surface area contributed by atoms with Gasteiger partial charge in [-0.1, -0.05) is 12.1 Å². The fourth-order valence-electron chi connectivity index (χ4n) is 3.21. The molecule has 7 nitrogen and oxygen atoms in total. The van der Waals surface area contributed by atoms with E-state index in [4.69, 9.17) is 14.2 Å². The van der Waals surface area contributed by atoms with Gasteiger partial charge in [0.1, 0.15) is 17.0 Å². The summed E-state index contributed by atoms with van der Waals surface area (Å²) in [5, 5.41) is 3.26. The van der Waals surface area contributed by atoms with Crippen LogP contribution < -0.4 is 19.7 Å². The number of para-hydroxylation sites is 2. The number of thiazole rings is 1. The molecule has 1 aromatic heterocycles. The summed E-state index contributed by atoms with van der Waals surface area (Å²) in [6, 6.07) is 11.2. The highest BCUT2D eigenvalue weighted by Crippen LogP contribution is 2.38. The molecule has 1 fully saturated rings. The van der Waals surface area contributed by atoms with Crippen LogP contribution in [0.4, 0.5) is 11.4 Å². The minimum Gasteiger partial charge on any atom is -0.495 e. The van der Waals surface area contributed by atoms with Crippen molar-refractivity contribution < 1.29 is 19.0 Å². The number of hydrogen-bond acceptors (Lipinski definition) is 7. The maximum absolute atomic E-state index is 12.8. The molecule has 28 heavy (non-hydrogen) atoms. The van der Waals surface area contributed by atoms with E-state index in [1.807, 2.05) is 24.3 Å². The third-order valence-electron chi connectivity index (χ3n) is 4.61. The molecular weight excluding hydrogens is 378 g/mol. The molecule has 0 atom stereocenters. The van der Waals surface area contributed by atoms with Crippen molar-refractivity contribution in [1.29, 1.82) is 0 Å². The van der Waals surface area contributed by atoms with Gasteiger partial charge in [0.05, 0.1) is 43.5 Å². The highest BCUT2D eigenvalue weighted by molar-refractivity contribution is 7.21. The first kappa shape index (κ1) is 18.5. The number of carbonyl (C=O) groups is 1. The smallest absolute Gasteiger partial charge is 0.284 e. The molecule has 0 spiro atoms. The number of amides is 1. The minimum atomic E-state index is -0.277. The van der Waals surface area contributed by atoms with Gasteiger partial charge in [-0.2, -0.15) is 0 Å². The van der Waals surface area contributed by atoms with E-state index in [2.05, 4.69) is 15.2 Å². The van der Waals surface area contributed by atoms with Crippen LogP contribution in [0.2, 0.25) is 0 Å². The molecular formula is C20H21N3O4S. The standard InChI is InChI=1S/C20H21N3O4S/c1-25-15-6-4-3-5-13(15)21-19(24)20-22-17-16(26-2)8-7-14(18(17)28-20)23-9-11-27-12-10-23/h3-8H,9-12H2,1-2H3,(H,21,24). The summed E-state index contributed by atoms with van der Waals surface area (Å²) in [7, 11) is 3.18. The van der Waals surface area contributed by atoms with Crippen molar-refractivity contribution in [2.45, 2.75) is 0 Å². The Bertz CT molecular complexity index is 998. The number of morpholine rings is 1. The van der Waals surface area contributed by atoms with Crippen molar-refractivity contribution in [3.05, 3.63) is 41.4 Å². The lowest BCUT2D eigenvalue weighted by Gasteiger charge is -2.29. The molecule has 1 aliphatic rings. The molecule has 0 radical (unpaired) electrons. The van der Waals surface area contributed by atoms with Gasteiger partial charge in [-0.3, -0.25) is 4.79 Å². The van der Waals surface area contributed by atoms with E-state index in [9.17, 15) is 4.79 Å². The second kappa shape index (κ2) is 8.04. The first-order valence-electron chi connectivity index (χ1n) is 8.96. The zero-order chi connectivity index (χ0) is 19.5. The molecule has 2 heterocycles. The number of anilines is 2. The van der Waals surface area contributed by atoms with Gasteiger partial charge in [0, 0.05) is 13.1 Å². The van der Waals surface area contributed by atoms with Crippen LogP contribution in [-0.4, -0.2) is 51.4 Å². The lowest BCUT2D eigenvalue weighted by Crippen LogP contribution is -2.36. The van der Waals surface area contributed by atoms with Crippen LogP contribution in [0.1, 0.15) is 9.80 Å². The average molecular weight is 399 g/mol. The summed E-state index contributed by atoms with van der Waals surface area (Å²) in [6.45, 7) is 2.99. The second-order valence-electron chi connectivity index (χ2n) is 6.24. The molecule has 0 unspecified atom stereocenters. The molecule has 8 heteroatoms. The first-order valence-corrected chi connectivity index (χ1v) is 9.77. The third-order valence-corrected chi connectivity index (χ3v) is 5.68. The first-order chi connectivity index (χ1) is 13.7. The van der Waals surface area contributed by atoms with Gasteiger partial charge in [0.2, 0.25) is 0 Å². The molecule has 0 bridgehead atoms. The second-order valence-corrected chi connectivity index (χ2v) is 7.24. The van der Waals surface area contributed by atoms with Gasteiger partial charge in [-0.15, -0.1) is 11.3 Å². The topological polar surface area (TPSA) is 72.9 Å². The Labute approximate surface area is 166 Å². The van der Waals surface area contributed by atoms with E-state index in [1.54, 1.807) is 26.4 Å². The number of nitrogens with zero attached hydrogens (tertiary/aromatic N) is 2. The van der Waals surface area contributed by atoms with Gasteiger partial charge in [0.25, 0.3) is 5.91 Å². The van der Waals surface area contributed by atoms with Crippen LogP contribution in [-0.2, 0) is 4.74 Å². The maximum atomic E-state index is 12.8. The normalized spacial score (nSPS) is 14.1. The molecule has 3 aromatic rings. The number of nitrogens with one attached hydrogen (secondary N) is 1. The van der Waals surface area contributed by atoms with E-state index in [0.29, 0.717) is 40.9 Å². The SMILES string of the molecule is COc1ccccc1NC(=O)c1nc2c(OC)ccc(N3CCOCC3)c2s1. The fourth-order valence-corrected chi connectivity index (χ4v) is 4.23. The molecule has 0 aliphatic carbocycles. The van der Waals surface area contributed by atoms with E-state index < -0.39 is 0 Å². The Kier molecular flexibility index (Phi) is 5.31. The van der Waals surface area contributed by atoms with Gasteiger partial charge in [-0.25, -0.2) is 4.98 Å². The van der Waals surface area contributed by atoms with Gasteiger partial charge < -0.3 is 24.4 Å². The molecule has 0 saturated carbocycles. The number of benzene rings is 2. The largest absolute Gasteiger partial charge is 0.495 e. The highest BCUT2D eigenvalue weighted by Gasteiger charge is 2.22. The molecule has 1 aliphatic heterocycles. The summed E-state index contributed by atoms with van der Waals surface area (Å²) in [4.78, 5) is 19.7. The Morgan fingerprint density at radius 3 is 2.61 bits per heavy atom. The van der Waals surface area contributed by atoms with Crippen molar-refractivity contribution in [3.8, 4) is 11.5 Å². The number of rotatable bonds is 5. The average Bonchev–Trinajstić information content (AvgIpc) is 3.20. The number of methoxy groups -OCH3 is 2. The third kappa shape index (κ3) is 3.48. The molecule has 2 aromatic carbocycles. The predicted molar refractivity (Wildman–Crippen MR) is 110 cm³/mol. The summed E-state index contributed by atoms with van der Waals surface area (Å²) < 4.78 is 17.2. The molecule has 146 valence electrons. The summed E-state index contributed by atoms with van der Waals surface area (Å²) >= 11 is 1.36. The van der Waals surface area contributed by atoms with Crippen molar-refractivity contribution in [3.63, 3.8) is 0 Å². The molecule has 1 amide bonds. The zero-order valence-electron chi connectivity index (χ0n) is 15.7. The highest BCUT2D eigenvalue weighted by atomic mass is 32.1. The lowest BCUT2D eigenvalue weighted by molar-refractivity contribution is 0.102. The number of carbonyl (C=O) groups excluding carboxylic acids is 1. The van der Waals surface area contributed by atoms with Crippen LogP contribution in [0.5, 0.6) is 11.5 Å². The Morgan fingerprint density at radius 2 is 1.86 bits per heavy atom. The van der Waals surface area contributed by atoms with Gasteiger partial charge in [-0.05, 0) is 24.3 Å². The summed E-state index contributed by atoms with van der Waals surface area (Å²) in [6.07, 6.45) is 0. The Morgan fingerprint density at radius 1 is 1.11 bits per heavy atom. The number of hydrogen-bond donors (Lipinski definition) is 1. The van der Waals surface area contributed by atoms with E-state index in [1.165, 1.54) is 11.3 Å². The van der Waals surface area contributed by atoms with Crippen LogP contribution in [0.25, 0.3) is 10.2 Å². The summed E-state index contributed by atoms with van der Waals surface area (Å²) in [5.41, 5.74) is 2.35. The van der Waals surface area contributed by atoms with E-state index in [-0.39, 0.29) is 5.91 Å². The van der Waals surface area contributed by atoms with Crippen LogP contribution in [0.15, 0.2) is 36.4 Å². The van der Waals surface area contributed by atoms with Gasteiger partial charge >= 0.3 is 0 Å². The van der Waals surface area contributed by atoms with Gasteiger partial charge in [0.15, 0.2) is 5.01 Å². The molecule has 4 rings (SSSR count). The van der Waals surface area contributed by atoms with Crippen LogP contribution >= 0.6 is 11.3 Å². The number of fused-ring (bicyclic) bond motifs is 1. The van der Waals surface area contributed by atoms with E-state index in [0.717, 1.165) is 23.5 Å². The van der Waals surface area contributed by atoms with Crippen molar-refractivity contribution in [1.82, 2.24) is 4.98 Å². The monoisotopic (exact) mass is 399 g/mol. The van der Waals surface area contributed by atoms with Crippen LogP contribution in [0, 0.1) is 0 Å². The van der Waals surface area contributed by atoms with Crippen molar-refractivity contribution >= 4 is 38.8 Å². The van der Waals surface area contributed by atoms with Crippen LogP contribution in [0.3, 0.4) is 0 Å². The summed E-state index contributed by atoms with van der Waals surface area (Å²) in [5.74, 6) is 0.976.